The molecule has 2 aliphatic heterocycles. The molecule has 4 rings (SSSR count). The number of nitrogens with one attached hydrogen (secondary N) is 1. The monoisotopic (exact) mass is 412 g/mol. The summed E-state index contributed by atoms with van der Waals surface area (Å²) in [6.45, 7) is 3.46. The van der Waals surface area contributed by atoms with Crippen LogP contribution in [0.15, 0.2) is 57.0 Å². The Bertz CT molecular complexity index is 1180. The molecule has 1 aromatic heterocycles. The average Bonchev–Trinajstić information content (AvgIpc) is 2.82. The highest BCUT2D eigenvalue weighted by Crippen LogP contribution is 2.27. The molecule has 1 atom stereocenters. The van der Waals surface area contributed by atoms with Crippen LogP contribution in [0.2, 0.25) is 0 Å². The van der Waals surface area contributed by atoms with Crippen molar-refractivity contribution in [2.75, 3.05) is 30.8 Å². The largest absolute Gasteiger partial charge is 0.398 e. The van der Waals surface area contributed by atoms with Crippen molar-refractivity contribution >= 4 is 35.2 Å². The van der Waals surface area contributed by atoms with Gasteiger partial charge in [-0.3, -0.25) is 5.41 Å². The Kier molecular flexibility index (Phi) is 5.85. The lowest BCUT2D eigenvalue weighted by molar-refractivity contribution is 0.733. The molecule has 156 valence electrons. The molecule has 0 radical (unpaired) electrons. The van der Waals surface area contributed by atoms with Crippen LogP contribution in [0.5, 0.6) is 0 Å². The summed E-state index contributed by atoms with van der Waals surface area (Å²) in [7, 11) is 1.77. The van der Waals surface area contributed by atoms with Gasteiger partial charge in [-0.2, -0.15) is 9.98 Å². The second-order valence-corrected chi connectivity index (χ2v) is 7.42. The lowest BCUT2D eigenvalue weighted by Crippen LogP contribution is -2.32. The number of aromatic nitrogens is 2. The number of rotatable bonds is 6. The van der Waals surface area contributed by atoms with Gasteiger partial charge in [-0.05, 0) is 24.1 Å². The number of benzene rings is 1. The van der Waals surface area contributed by atoms with Crippen molar-refractivity contribution in [1.29, 1.82) is 5.41 Å². The average molecular weight is 413 g/mol. The van der Waals surface area contributed by atoms with E-state index in [-0.39, 0.29) is 11.6 Å². The topological polar surface area (TPSA) is 116 Å². The quantitative estimate of drug-likeness (QED) is 0.560. The first kappa shape index (κ1) is 20.4. The fraction of sp³-hybridized carbons (Fsp3) is 0.304. The zero-order valence-electron chi connectivity index (χ0n) is 17.6. The van der Waals surface area contributed by atoms with Crippen LogP contribution < -0.4 is 10.6 Å². The summed E-state index contributed by atoms with van der Waals surface area (Å²) in [4.78, 5) is 23.5. The summed E-state index contributed by atoms with van der Waals surface area (Å²) >= 11 is 0. The van der Waals surface area contributed by atoms with Crippen LogP contribution in [-0.4, -0.2) is 53.8 Å². The Balaban J connectivity index is 1.61. The van der Waals surface area contributed by atoms with Gasteiger partial charge in [0, 0.05) is 49.5 Å². The van der Waals surface area contributed by atoms with E-state index in [1.807, 2.05) is 30.5 Å². The molecule has 8 heteroatoms. The highest BCUT2D eigenvalue weighted by Gasteiger charge is 2.22. The van der Waals surface area contributed by atoms with E-state index in [1.165, 1.54) is 6.33 Å². The third-order valence-electron chi connectivity index (χ3n) is 5.50. The van der Waals surface area contributed by atoms with E-state index in [2.05, 4.69) is 48.5 Å². The predicted molar refractivity (Wildman–Crippen MR) is 125 cm³/mol. The SMILES string of the molecule is CCC(C=NC)c1ccc(N)c(C(=N)c2cc(N3CCC4=C(C3)N=C=C=N4)ncn2)c1. The van der Waals surface area contributed by atoms with E-state index in [0.717, 1.165) is 42.2 Å². The highest BCUT2D eigenvalue weighted by atomic mass is 15.2. The van der Waals surface area contributed by atoms with Gasteiger partial charge in [0.1, 0.15) is 12.1 Å². The van der Waals surface area contributed by atoms with E-state index < -0.39 is 0 Å². The van der Waals surface area contributed by atoms with Gasteiger partial charge >= 0.3 is 0 Å². The van der Waals surface area contributed by atoms with E-state index >= 15 is 0 Å². The molecular formula is C23H24N8. The Morgan fingerprint density at radius 1 is 1.26 bits per heavy atom. The molecule has 0 amide bonds. The predicted octanol–water partition coefficient (Wildman–Crippen LogP) is 3.00. The zero-order chi connectivity index (χ0) is 21.8. The second-order valence-electron chi connectivity index (χ2n) is 7.42. The maximum atomic E-state index is 8.78. The summed E-state index contributed by atoms with van der Waals surface area (Å²) in [5, 5.41) is 8.78. The Labute approximate surface area is 181 Å². The van der Waals surface area contributed by atoms with Crippen molar-refractivity contribution in [3.8, 4) is 0 Å². The molecule has 2 aromatic rings. The molecule has 31 heavy (non-hydrogen) atoms. The second kappa shape index (κ2) is 8.88. The van der Waals surface area contributed by atoms with Gasteiger partial charge in [0.15, 0.2) is 0 Å². The van der Waals surface area contributed by atoms with Crippen LogP contribution in [0.25, 0.3) is 0 Å². The van der Waals surface area contributed by atoms with Crippen LogP contribution in [0, 0.1) is 5.41 Å². The number of hydrogen-bond acceptors (Lipinski definition) is 8. The molecule has 1 aromatic carbocycles. The molecule has 8 nitrogen and oxygen atoms in total. The van der Waals surface area contributed by atoms with Crippen LogP contribution in [0.1, 0.15) is 42.5 Å². The number of nitrogens with two attached hydrogens (primary N) is 1. The van der Waals surface area contributed by atoms with Crippen molar-refractivity contribution in [2.45, 2.75) is 25.7 Å². The molecule has 2 aliphatic rings. The van der Waals surface area contributed by atoms with E-state index in [1.54, 1.807) is 7.05 Å². The van der Waals surface area contributed by atoms with Crippen LogP contribution in [0.3, 0.4) is 0 Å². The van der Waals surface area contributed by atoms with E-state index in [0.29, 0.717) is 23.5 Å². The summed E-state index contributed by atoms with van der Waals surface area (Å²) in [5.74, 6) is 6.27. The molecule has 0 spiro atoms. The lowest BCUT2D eigenvalue weighted by Gasteiger charge is -2.28. The van der Waals surface area contributed by atoms with Gasteiger partial charge in [0.2, 0.25) is 0 Å². The summed E-state index contributed by atoms with van der Waals surface area (Å²) in [6, 6.07) is 7.64. The Hall–Kier alpha value is -3.86. The molecule has 3 heterocycles. The normalized spacial score (nSPS) is 16.1. The minimum absolute atomic E-state index is 0.182. The molecule has 0 saturated carbocycles. The molecule has 0 saturated heterocycles. The maximum absolute atomic E-state index is 8.78. The minimum Gasteiger partial charge on any atom is -0.398 e. The first-order valence-electron chi connectivity index (χ1n) is 10.2. The van der Waals surface area contributed by atoms with E-state index in [4.69, 9.17) is 11.1 Å². The minimum atomic E-state index is 0.182. The van der Waals surface area contributed by atoms with Crippen molar-refractivity contribution < 1.29 is 0 Å². The molecule has 3 N–H and O–H groups in total. The standard InChI is InChI=1S/C23H24N8/c1-3-15(12-26-2)16-4-5-18(24)17(10-16)23(25)20-11-22(30-14-29-20)31-9-6-19-21(13-31)28-8-7-27-19/h4-5,10-12,14-15,25H,3,6,9,13,24H2,1-2H3. The van der Waals surface area contributed by atoms with Gasteiger partial charge in [-0.25, -0.2) is 9.97 Å². The van der Waals surface area contributed by atoms with E-state index in [9.17, 15) is 0 Å². The third-order valence-corrected chi connectivity index (χ3v) is 5.50. The van der Waals surface area contributed by atoms with Crippen LogP contribution in [0.4, 0.5) is 11.5 Å². The fourth-order valence-electron chi connectivity index (χ4n) is 3.76. The van der Waals surface area contributed by atoms with Gasteiger partial charge in [0.05, 0.1) is 41.1 Å². The zero-order valence-corrected chi connectivity index (χ0v) is 17.6. The lowest BCUT2D eigenvalue weighted by atomic mass is 9.93. The number of anilines is 2. The number of nitrogen functional groups attached to an aromatic ring is 1. The molecular weight excluding hydrogens is 388 g/mol. The van der Waals surface area contributed by atoms with Crippen molar-refractivity contribution in [1.82, 2.24) is 9.97 Å². The maximum Gasteiger partial charge on any atom is 0.132 e. The molecule has 1 unspecified atom stereocenters. The van der Waals surface area contributed by atoms with Gasteiger partial charge < -0.3 is 15.6 Å². The molecule has 0 aliphatic carbocycles. The molecule has 0 bridgehead atoms. The summed E-state index contributed by atoms with van der Waals surface area (Å²) in [5.41, 5.74) is 11.1. The Morgan fingerprint density at radius 2 is 2.06 bits per heavy atom. The van der Waals surface area contributed by atoms with Gasteiger partial charge in [0.25, 0.3) is 0 Å². The number of aliphatic imine (C=N–C) groups is 3. The number of hydrogen-bond donors (Lipinski definition) is 2. The third kappa shape index (κ3) is 4.21. The van der Waals surface area contributed by atoms with Crippen molar-refractivity contribution in [3.05, 3.63) is 58.8 Å². The van der Waals surface area contributed by atoms with Crippen LogP contribution in [-0.2, 0) is 0 Å². The number of nitrogens with zero attached hydrogens (tertiary/aromatic N) is 6. The Morgan fingerprint density at radius 3 is 2.84 bits per heavy atom. The van der Waals surface area contributed by atoms with Gasteiger partial charge in [-0.15, -0.1) is 0 Å². The summed E-state index contributed by atoms with van der Waals surface area (Å²) < 4.78 is 0. The molecule has 0 fully saturated rings. The van der Waals surface area contributed by atoms with Crippen LogP contribution >= 0.6 is 0 Å². The van der Waals surface area contributed by atoms with Crippen molar-refractivity contribution in [3.63, 3.8) is 0 Å². The smallest absolute Gasteiger partial charge is 0.132 e. The first-order chi connectivity index (χ1) is 15.1. The van der Waals surface area contributed by atoms with Crippen molar-refractivity contribution in [2.24, 2.45) is 15.0 Å². The highest BCUT2D eigenvalue weighted by molar-refractivity contribution is 6.13. The first-order valence-corrected chi connectivity index (χ1v) is 10.2. The summed E-state index contributed by atoms with van der Waals surface area (Å²) in [6.07, 6.45) is 5.09. The van der Waals surface area contributed by atoms with Gasteiger partial charge in [-0.1, -0.05) is 13.0 Å². The fourth-order valence-corrected chi connectivity index (χ4v) is 3.76.